The molecule has 0 unspecified atom stereocenters. The fraction of sp³-hybridized carbons (Fsp3) is 0.182. The molecule has 0 atom stereocenters. The highest BCUT2D eigenvalue weighted by atomic mass is 35.5. The molecule has 96 valence electrons. The Bertz CT molecular complexity index is 569. The van der Waals surface area contributed by atoms with Crippen molar-refractivity contribution in [1.82, 2.24) is 9.78 Å². The predicted molar refractivity (Wildman–Crippen MR) is 68.1 cm³/mol. The van der Waals surface area contributed by atoms with Crippen LogP contribution in [0.4, 0.5) is 8.78 Å². The molecule has 18 heavy (non-hydrogen) atoms. The maximum Gasteiger partial charge on any atom is 0.280 e. The van der Waals surface area contributed by atoms with E-state index in [1.165, 1.54) is 18.3 Å². The molecule has 2 aromatic rings. The summed E-state index contributed by atoms with van der Waals surface area (Å²) in [6.45, 7) is 0. The Balaban J connectivity index is 2.56. The summed E-state index contributed by atoms with van der Waals surface area (Å²) in [7, 11) is 0. The molecule has 1 aromatic heterocycles. The van der Waals surface area contributed by atoms with Crippen molar-refractivity contribution < 1.29 is 8.78 Å². The highest BCUT2D eigenvalue weighted by Gasteiger charge is 2.20. The highest BCUT2D eigenvalue weighted by Crippen LogP contribution is 2.29. The summed E-state index contributed by atoms with van der Waals surface area (Å²) in [5.74, 6) is -0.0268. The molecular formula is C11H7Cl3F2N2. The fourth-order valence-corrected chi connectivity index (χ4v) is 2.05. The normalized spacial score (nSPS) is 11.2. The van der Waals surface area contributed by atoms with Crippen LogP contribution >= 0.6 is 34.8 Å². The lowest BCUT2D eigenvalue weighted by molar-refractivity contribution is 0.142. The molecule has 0 spiro atoms. The molecule has 0 radical (unpaired) electrons. The summed E-state index contributed by atoms with van der Waals surface area (Å²) < 4.78 is 27.1. The van der Waals surface area contributed by atoms with Crippen LogP contribution in [-0.4, -0.2) is 9.78 Å². The van der Waals surface area contributed by atoms with Crippen LogP contribution in [0.15, 0.2) is 24.4 Å². The Labute approximate surface area is 117 Å². The largest absolute Gasteiger partial charge is 0.280 e. The summed E-state index contributed by atoms with van der Waals surface area (Å²) in [5.41, 5.74) is 0.470. The third-order valence-electron chi connectivity index (χ3n) is 2.38. The number of halogens is 5. The van der Waals surface area contributed by atoms with Gasteiger partial charge in [-0.3, -0.25) is 0 Å². The first kappa shape index (κ1) is 13.6. The summed E-state index contributed by atoms with van der Waals surface area (Å²) in [6, 6.07) is 4.56. The predicted octanol–water partition coefficient (Wildman–Crippen LogP) is 4.86. The standard InChI is InChI=1S/C11H7Cl3F2N2/c12-4-6-5-17-18(10(6)11(15)16)7-1-2-8(13)9(14)3-7/h1-3,5,11H,4H2. The van der Waals surface area contributed by atoms with Gasteiger partial charge in [0.25, 0.3) is 6.43 Å². The third-order valence-corrected chi connectivity index (χ3v) is 3.41. The molecule has 1 heterocycles. The number of aromatic nitrogens is 2. The number of rotatable bonds is 3. The fourth-order valence-electron chi connectivity index (χ4n) is 1.55. The highest BCUT2D eigenvalue weighted by molar-refractivity contribution is 6.42. The Kier molecular flexibility index (Phi) is 4.10. The topological polar surface area (TPSA) is 17.8 Å². The number of hydrogen-bond donors (Lipinski definition) is 0. The lowest BCUT2D eigenvalue weighted by Gasteiger charge is -2.09. The van der Waals surface area contributed by atoms with Crippen LogP contribution in [0.25, 0.3) is 5.69 Å². The van der Waals surface area contributed by atoms with Gasteiger partial charge in [-0.1, -0.05) is 23.2 Å². The summed E-state index contributed by atoms with van der Waals surface area (Å²) in [4.78, 5) is 0. The summed E-state index contributed by atoms with van der Waals surface area (Å²) in [5, 5.41) is 4.53. The molecule has 0 amide bonds. The molecule has 2 rings (SSSR count). The van der Waals surface area contributed by atoms with Crippen LogP contribution in [0, 0.1) is 0 Å². The van der Waals surface area contributed by atoms with Gasteiger partial charge in [-0.2, -0.15) is 5.10 Å². The first-order chi connectivity index (χ1) is 8.54. The smallest absolute Gasteiger partial charge is 0.232 e. The van der Waals surface area contributed by atoms with Crippen molar-refractivity contribution in [2.45, 2.75) is 12.3 Å². The zero-order valence-electron chi connectivity index (χ0n) is 8.88. The van der Waals surface area contributed by atoms with Gasteiger partial charge < -0.3 is 0 Å². The molecule has 0 aliphatic heterocycles. The maximum atomic E-state index is 13.0. The SMILES string of the molecule is FC(F)c1c(CCl)cnn1-c1ccc(Cl)c(Cl)c1. The Morgan fingerprint density at radius 1 is 1.22 bits per heavy atom. The van der Waals surface area contributed by atoms with Crippen LogP contribution in [0.1, 0.15) is 17.7 Å². The van der Waals surface area contributed by atoms with E-state index in [-0.39, 0.29) is 22.2 Å². The molecule has 0 saturated carbocycles. The average molecular weight is 312 g/mol. The van der Waals surface area contributed by atoms with Crippen LogP contribution < -0.4 is 0 Å². The van der Waals surface area contributed by atoms with E-state index in [4.69, 9.17) is 34.8 Å². The molecular weight excluding hydrogens is 304 g/mol. The molecule has 2 nitrogen and oxygen atoms in total. The average Bonchev–Trinajstić information content (AvgIpc) is 2.76. The van der Waals surface area contributed by atoms with Crippen molar-refractivity contribution in [3.63, 3.8) is 0 Å². The molecule has 0 fully saturated rings. The van der Waals surface area contributed by atoms with Crippen molar-refractivity contribution >= 4 is 34.8 Å². The molecule has 0 aliphatic carbocycles. The quantitative estimate of drug-likeness (QED) is 0.741. The van der Waals surface area contributed by atoms with E-state index in [1.54, 1.807) is 6.07 Å². The lowest BCUT2D eigenvalue weighted by atomic mass is 10.2. The minimum absolute atomic E-state index is 0.0268. The van der Waals surface area contributed by atoms with Crippen LogP contribution in [-0.2, 0) is 5.88 Å². The van der Waals surface area contributed by atoms with Crippen molar-refractivity contribution in [3.8, 4) is 5.69 Å². The van der Waals surface area contributed by atoms with Gasteiger partial charge in [0, 0.05) is 5.56 Å². The third kappa shape index (κ3) is 2.46. The van der Waals surface area contributed by atoms with Gasteiger partial charge in [0.15, 0.2) is 0 Å². The van der Waals surface area contributed by atoms with Gasteiger partial charge in [0.2, 0.25) is 0 Å². The zero-order valence-corrected chi connectivity index (χ0v) is 11.1. The lowest BCUT2D eigenvalue weighted by Crippen LogP contribution is -2.04. The van der Waals surface area contributed by atoms with E-state index in [0.29, 0.717) is 10.7 Å². The van der Waals surface area contributed by atoms with E-state index in [2.05, 4.69) is 5.10 Å². The van der Waals surface area contributed by atoms with Crippen molar-refractivity contribution in [1.29, 1.82) is 0 Å². The Hall–Kier alpha value is -0.840. The molecule has 0 bridgehead atoms. The maximum absolute atomic E-state index is 13.0. The minimum Gasteiger partial charge on any atom is -0.232 e. The van der Waals surface area contributed by atoms with Crippen LogP contribution in [0.2, 0.25) is 10.0 Å². The summed E-state index contributed by atoms with van der Waals surface area (Å²) >= 11 is 17.2. The van der Waals surface area contributed by atoms with E-state index in [9.17, 15) is 8.78 Å². The van der Waals surface area contributed by atoms with Crippen LogP contribution in [0.3, 0.4) is 0 Å². The monoisotopic (exact) mass is 310 g/mol. The second-order valence-electron chi connectivity index (χ2n) is 3.50. The number of nitrogens with zero attached hydrogens (tertiary/aromatic N) is 2. The summed E-state index contributed by atoms with van der Waals surface area (Å²) in [6.07, 6.45) is -1.35. The molecule has 0 saturated heterocycles. The number of hydrogen-bond acceptors (Lipinski definition) is 1. The second kappa shape index (κ2) is 5.43. The zero-order chi connectivity index (χ0) is 13.3. The number of alkyl halides is 3. The van der Waals surface area contributed by atoms with Gasteiger partial charge in [0.05, 0.1) is 27.8 Å². The number of benzene rings is 1. The molecule has 0 N–H and O–H groups in total. The first-order valence-electron chi connectivity index (χ1n) is 4.91. The van der Waals surface area contributed by atoms with Crippen molar-refractivity contribution in [2.75, 3.05) is 0 Å². The van der Waals surface area contributed by atoms with E-state index < -0.39 is 6.43 Å². The van der Waals surface area contributed by atoms with E-state index in [0.717, 1.165) is 4.68 Å². The Morgan fingerprint density at radius 2 is 1.94 bits per heavy atom. The van der Waals surface area contributed by atoms with Crippen molar-refractivity contribution in [3.05, 3.63) is 45.7 Å². The molecule has 7 heteroatoms. The van der Waals surface area contributed by atoms with Gasteiger partial charge in [-0.05, 0) is 18.2 Å². The van der Waals surface area contributed by atoms with E-state index in [1.807, 2.05) is 0 Å². The molecule has 1 aromatic carbocycles. The van der Waals surface area contributed by atoms with E-state index >= 15 is 0 Å². The first-order valence-corrected chi connectivity index (χ1v) is 6.20. The van der Waals surface area contributed by atoms with Gasteiger partial charge in [-0.15, -0.1) is 11.6 Å². The molecule has 0 aliphatic rings. The minimum atomic E-state index is -2.67. The van der Waals surface area contributed by atoms with Gasteiger partial charge in [0.1, 0.15) is 5.69 Å². The van der Waals surface area contributed by atoms with Gasteiger partial charge >= 0.3 is 0 Å². The second-order valence-corrected chi connectivity index (χ2v) is 4.58. The Morgan fingerprint density at radius 3 is 2.50 bits per heavy atom. The van der Waals surface area contributed by atoms with Gasteiger partial charge in [-0.25, -0.2) is 13.5 Å². The van der Waals surface area contributed by atoms with Crippen molar-refractivity contribution in [2.24, 2.45) is 0 Å². The van der Waals surface area contributed by atoms with Crippen LogP contribution in [0.5, 0.6) is 0 Å².